The number of aryl methyl sites for hydroxylation is 1. The molecule has 0 heterocycles. The summed E-state index contributed by atoms with van der Waals surface area (Å²) in [5, 5.41) is 2.91. The Bertz CT molecular complexity index is 1060. The number of nitrogens with one attached hydrogen (secondary N) is 1. The molecular weight excluding hydrogens is 707 g/mol. The average molecular weight is 735 g/mol. The van der Waals surface area contributed by atoms with Crippen molar-refractivity contribution in [2.45, 2.75) is 25.8 Å². The van der Waals surface area contributed by atoms with Gasteiger partial charge in [-0.1, -0.05) is 6.07 Å². The van der Waals surface area contributed by atoms with Gasteiger partial charge in [0.25, 0.3) is 0 Å². The van der Waals surface area contributed by atoms with Crippen LogP contribution in [0, 0.1) is 0 Å². The number of carbonyl (C=O) groups excluding carboxylic acids is 1. The predicted molar refractivity (Wildman–Crippen MR) is 131 cm³/mol. The number of hydrogen-bond acceptors (Lipinski definition) is 6. The Balaban J connectivity index is 0.00000220. The minimum Gasteiger partial charge on any atom is -0.693 e. The van der Waals surface area contributed by atoms with E-state index in [4.69, 9.17) is 37.6 Å². The number of carbonyl (C=O) groups is 1. The molecule has 0 aliphatic heterocycles. The van der Waals surface area contributed by atoms with Crippen LogP contribution in [0.25, 0.3) is 23.4 Å². The number of amides is 1. The molecule has 1 amide bonds. The molecule has 200 valence electrons. The predicted octanol–water partition coefficient (Wildman–Crippen LogP) is 5.79. The monoisotopic (exact) mass is 734 g/mol. The zero-order valence-corrected chi connectivity index (χ0v) is 24.0. The average Bonchev–Trinajstić information content (AvgIpc) is 2.88. The van der Waals surface area contributed by atoms with Crippen LogP contribution in [0.4, 0.5) is 0 Å². The quantitative estimate of drug-likeness (QED) is 0.311. The summed E-state index contributed by atoms with van der Waals surface area (Å²) in [5.74, 6) is 1.20. The number of nitrogens with two attached hydrogens (primary N) is 2. The largest absolute Gasteiger partial charge is 0.693 e. The number of benzene rings is 2. The zero-order chi connectivity index (χ0) is 24.8. The molecule has 15 heteroatoms. The second-order valence-corrected chi connectivity index (χ2v) is 11.3. The molecule has 1 atom stereocenters. The number of methoxy groups -OCH3 is 3. The molecule has 0 bridgehead atoms. The number of ether oxygens (including phenoxy) is 3. The van der Waals surface area contributed by atoms with E-state index in [9.17, 15) is 19.1 Å². The maximum Gasteiger partial charge on any atom is -0.693 e. The molecule has 3 rings (SSSR count). The molecule has 0 radical (unpaired) electrons. The molecule has 1 aliphatic rings. The summed E-state index contributed by atoms with van der Waals surface area (Å²) in [6.45, 7) is 1.42. The van der Waals surface area contributed by atoms with Crippen molar-refractivity contribution < 1.29 is 54.4 Å². The van der Waals surface area contributed by atoms with Crippen molar-refractivity contribution in [1.29, 1.82) is 0 Å². The van der Waals surface area contributed by atoms with E-state index in [1.807, 2.05) is 6.07 Å². The Labute approximate surface area is 220 Å². The molecular formula is C20H28Cl2N3O8PPt. The van der Waals surface area contributed by atoms with Gasteiger partial charge in [-0.25, -0.2) is 4.57 Å². The molecule has 0 saturated carbocycles. The minimum absolute atomic E-state index is 0. The first kappa shape index (κ1) is 33.4. The fourth-order valence-electron chi connectivity index (χ4n) is 3.80. The number of rotatable bonds is 6. The first-order valence-electron chi connectivity index (χ1n) is 9.40. The van der Waals surface area contributed by atoms with Crippen LogP contribution in [0.3, 0.4) is 0 Å². The smallest absolute Gasteiger partial charge is 0.693 e. The minimum atomic E-state index is -4.74. The molecule has 0 fully saturated rings. The summed E-state index contributed by atoms with van der Waals surface area (Å²) in [4.78, 5) is 30.2. The molecule has 0 unspecified atom stereocenters. The fourth-order valence-corrected chi connectivity index (χ4v) is 4.19. The van der Waals surface area contributed by atoms with Crippen molar-refractivity contribution >= 4 is 32.6 Å². The summed E-state index contributed by atoms with van der Waals surface area (Å²) >= 11 is -0.472. The van der Waals surface area contributed by atoms with Gasteiger partial charge in [-0.2, -0.15) is 0 Å². The van der Waals surface area contributed by atoms with Crippen LogP contribution in [-0.2, 0) is 32.3 Å². The van der Waals surface area contributed by atoms with Gasteiger partial charge in [0, 0.05) is 12.5 Å². The summed E-state index contributed by atoms with van der Waals surface area (Å²) in [7, 11) is 9.60. The Hall–Kier alpha value is -1.55. The van der Waals surface area contributed by atoms with E-state index >= 15 is 0 Å². The van der Waals surface area contributed by atoms with Crippen molar-refractivity contribution in [1.82, 2.24) is 5.32 Å². The normalized spacial score (nSPS) is 13.8. The first-order chi connectivity index (χ1) is 15.6. The van der Waals surface area contributed by atoms with Gasteiger partial charge in [0.1, 0.15) is 5.75 Å². The maximum atomic E-state index is 11.8. The van der Waals surface area contributed by atoms with E-state index in [-0.39, 0.29) is 24.0 Å². The standard InChI is InChI=1S/C20H24NO8P.2ClH.2H2N.Pt/c1-11(22)21-16-8-5-12-9-17(26-2)19(27-3)20(28-4)18(12)14-7-6-13(10-15(14)16)29-30(23,24)25;;;;;/h6-7,9-10,16H,5,8H2,1-4H3,(H,21,22)(H2,23,24,25);2*1H;2*1H2;/q;;;2*-1;+4/p-2/t16-;;;;;/m0...../s1. The van der Waals surface area contributed by atoms with Crippen LogP contribution < -0.4 is 24.1 Å². The molecule has 2 aromatic carbocycles. The van der Waals surface area contributed by atoms with Crippen LogP contribution in [0.15, 0.2) is 24.3 Å². The number of hydrogen-bond donors (Lipinski definition) is 3. The topological polar surface area (TPSA) is 191 Å². The van der Waals surface area contributed by atoms with Gasteiger partial charge < -0.3 is 36.4 Å². The molecule has 7 N–H and O–H groups in total. The molecule has 0 spiro atoms. The molecule has 0 saturated heterocycles. The maximum absolute atomic E-state index is 11.8. The SMILES string of the molecule is COc1cc2c(c(OC)c1OC)-c1ccc(OP(=O)(O)O)cc1[C@@H](NC(C)=O)CC2.[Cl][Pt+2][Cl].[NH2-].[NH2-]. The second kappa shape index (κ2) is 14.9. The summed E-state index contributed by atoms with van der Waals surface area (Å²) in [6.07, 6.45) is 1.15. The van der Waals surface area contributed by atoms with E-state index in [0.717, 1.165) is 16.7 Å². The molecule has 11 nitrogen and oxygen atoms in total. The van der Waals surface area contributed by atoms with Crippen LogP contribution >= 0.6 is 26.7 Å². The van der Waals surface area contributed by atoms with Crippen molar-refractivity contribution in [2.75, 3.05) is 21.3 Å². The van der Waals surface area contributed by atoms with Crippen LogP contribution in [-0.4, -0.2) is 37.0 Å². The van der Waals surface area contributed by atoms with E-state index in [0.29, 0.717) is 35.7 Å². The van der Waals surface area contributed by atoms with Gasteiger partial charge in [-0.05, 0) is 47.7 Å². The molecule has 0 aromatic heterocycles. The van der Waals surface area contributed by atoms with E-state index in [1.165, 1.54) is 33.3 Å². The summed E-state index contributed by atoms with van der Waals surface area (Å²) < 4.78 is 32.7. The number of phosphoric ester groups is 1. The van der Waals surface area contributed by atoms with Gasteiger partial charge >= 0.3 is 43.1 Å². The Morgan fingerprint density at radius 1 is 1.09 bits per heavy atom. The van der Waals surface area contributed by atoms with Gasteiger partial charge in [0.2, 0.25) is 11.7 Å². The molecule has 35 heavy (non-hydrogen) atoms. The van der Waals surface area contributed by atoms with Crippen LogP contribution in [0.2, 0.25) is 0 Å². The summed E-state index contributed by atoms with van der Waals surface area (Å²) in [5.41, 5.74) is 3.08. The zero-order valence-electron chi connectivity index (χ0n) is 19.3. The van der Waals surface area contributed by atoms with Crippen molar-refractivity contribution in [3.63, 3.8) is 0 Å². The molecule has 1 aliphatic carbocycles. The fraction of sp³-hybridized carbons (Fsp3) is 0.350. The number of phosphoric acid groups is 1. The third-order valence-corrected chi connectivity index (χ3v) is 5.33. The third-order valence-electron chi connectivity index (χ3n) is 4.88. The van der Waals surface area contributed by atoms with Gasteiger partial charge in [0.15, 0.2) is 11.5 Å². The van der Waals surface area contributed by atoms with E-state index in [2.05, 4.69) is 5.32 Å². The number of fused-ring (bicyclic) bond motifs is 3. The Kier molecular flexibility index (Phi) is 14.2. The van der Waals surface area contributed by atoms with Crippen molar-refractivity contribution in [3.8, 4) is 34.1 Å². The van der Waals surface area contributed by atoms with E-state index < -0.39 is 30.3 Å². The molecule has 2 aromatic rings. The summed E-state index contributed by atoms with van der Waals surface area (Å²) in [6, 6.07) is 6.16. The third kappa shape index (κ3) is 8.51. The van der Waals surface area contributed by atoms with Gasteiger partial charge in [-0.3, -0.25) is 14.6 Å². The van der Waals surface area contributed by atoms with Crippen LogP contribution in [0.1, 0.15) is 30.5 Å². The van der Waals surface area contributed by atoms with E-state index in [1.54, 1.807) is 13.2 Å². The Morgan fingerprint density at radius 2 is 1.69 bits per heavy atom. The van der Waals surface area contributed by atoms with Gasteiger partial charge in [0.05, 0.1) is 27.4 Å². The van der Waals surface area contributed by atoms with Gasteiger partial charge in [-0.15, -0.1) is 0 Å². The van der Waals surface area contributed by atoms with Crippen LogP contribution in [0.5, 0.6) is 23.0 Å². The van der Waals surface area contributed by atoms with Crippen molar-refractivity contribution in [2.24, 2.45) is 0 Å². The Morgan fingerprint density at radius 3 is 2.17 bits per heavy atom. The van der Waals surface area contributed by atoms with Crippen molar-refractivity contribution in [3.05, 3.63) is 47.7 Å². The number of halogens is 2. The first-order valence-corrected chi connectivity index (χ1v) is 16.6. The second-order valence-electron chi connectivity index (χ2n) is 6.85.